The summed E-state index contributed by atoms with van der Waals surface area (Å²) >= 11 is 2.23. The normalized spacial score (nSPS) is 12.7. The Balaban J connectivity index is 2.32. The molecule has 1 aromatic carbocycles. The average Bonchev–Trinajstić information content (AvgIpc) is 2.67. The molecular formula is C10H7IN2. The fraction of sp³-hybridized carbons (Fsp3) is 0.100. The number of hydrogen-bond acceptors (Lipinski definition) is 1. The van der Waals surface area contributed by atoms with Crippen LogP contribution in [0, 0.1) is 0 Å². The van der Waals surface area contributed by atoms with Crippen LogP contribution in [0.15, 0.2) is 30.5 Å². The van der Waals surface area contributed by atoms with E-state index in [1.54, 1.807) is 0 Å². The number of benzene rings is 1. The summed E-state index contributed by atoms with van der Waals surface area (Å²) in [6, 6.07) is 8.53. The van der Waals surface area contributed by atoms with E-state index in [1.807, 2.05) is 9.09 Å². The quantitative estimate of drug-likeness (QED) is 0.580. The number of aromatic nitrogens is 2. The van der Waals surface area contributed by atoms with E-state index in [0.717, 1.165) is 6.42 Å². The van der Waals surface area contributed by atoms with E-state index in [2.05, 4.69) is 52.2 Å². The van der Waals surface area contributed by atoms with Crippen molar-refractivity contribution in [3.63, 3.8) is 0 Å². The minimum Gasteiger partial charge on any atom is -0.207 e. The average molecular weight is 282 g/mol. The van der Waals surface area contributed by atoms with E-state index in [1.165, 1.54) is 22.4 Å². The van der Waals surface area contributed by atoms with Crippen molar-refractivity contribution in [2.24, 2.45) is 0 Å². The van der Waals surface area contributed by atoms with E-state index in [-0.39, 0.29) is 0 Å². The van der Waals surface area contributed by atoms with Crippen molar-refractivity contribution < 1.29 is 0 Å². The third kappa shape index (κ3) is 0.964. The molecule has 0 aliphatic heterocycles. The van der Waals surface area contributed by atoms with Gasteiger partial charge in [-0.2, -0.15) is 5.10 Å². The second kappa shape index (κ2) is 2.57. The SMILES string of the molecule is In1ncc2c1Cc1ccccc1-2. The maximum Gasteiger partial charge on any atom is 0.0847 e. The Morgan fingerprint density at radius 1 is 1.23 bits per heavy atom. The van der Waals surface area contributed by atoms with Crippen molar-refractivity contribution in [3.8, 4) is 11.1 Å². The third-order valence-electron chi connectivity index (χ3n) is 2.49. The molecule has 1 heterocycles. The van der Waals surface area contributed by atoms with Gasteiger partial charge >= 0.3 is 0 Å². The highest BCUT2D eigenvalue weighted by Crippen LogP contribution is 2.36. The molecule has 0 saturated carbocycles. The molecule has 0 saturated heterocycles. The molecule has 1 aliphatic carbocycles. The molecule has 0 radical (unpaired) electrons. The van der Waals surface area contributed by atoms with Gasteiger partial charge in [-0.05, 0) is 11.1 Å². The Hall–Kier alpha value is -0.840. The summed E-state index contributed by atoms with van der Waals surface area (Å²) in [6.45, 7) is 0. The van der Waals surface area contributed by atoms with Gasteiger partial charge in [0.15, 0.2) is 0 Å². The molecule has 0 amide bonds. The number of rotatable bonds is 0. The second-order valence-electron chi connectivity index (χ2n) is 3.20. The van der Waals surface area contributed by atoms with Crippen molar-refractivity contribution in [1.82, 2.24) is 7.99 Å². The second-order valence-corrected chi connectivity index (χ2v) is 4.11. The van der Waals surface area contributed by atoms with Gasteiger partial charge in [0.2, 0.25) is 0 Å². The maximum absolute atomic E-state index is 4.24. The summed E-state index contributed by atoms with van der Waals surface area (Å²) in [5, 5.41) is 4.24. The van der Waals surface area contributed by atoms with Crippen molar-refractivity contribution >= 4 is 22.9 Å². The van der Waals surface area contributed by atoms with E-state index in [4.69, 9.17) is 0 Å². The summed E-state index contributed by atoms with van der Waals surface area (Å²) in [6.07, 6.45) is 2.97. The van der Waals surface area contributed by atoms with Crippen LogP contribution in [0.4, 0.5) is 0 Å². The molecule has 3 heteroatoms. The molecule has 0 bridgehead atoms. The standard InChI is InChI=1S/C10H7IN2/c11-13-10-5-7-3-1-2-4-8(7)9(10)6-12-13/h1-4,6H,5H2. The lowest BCUT2D eigenvalue weighted by Gasteiger charge is -1.95. The minimum absolute atomic E-state index is 1.02. The summed E-state index contributed by atoms with van der Waals surface area (Å²) in [5.74, 6) is 0. The van der Waals surface area contributed by atoms with E-state index >= 15 is 0 Å². The molecule has 2 nitrogen and oxygen atoms in total. The molecule has 0 atom stereocenters. The van der Waals surface area contributed by atoms with Gasteiger partial charge in [-0.25, -0.2) is 2.90 Å². The predicted octanol–water partition coefficient (Wildman–Crippen LogP) is 2.65. The Bertz CT molecular complexity index is 474. The molecule has 3 rings (SSSR count). The molecule has 0 spiro atoms. The smallest absolute Gasteiger partial charge is 0.0847 e. The first-order valence-electron chi connectivity index (χ1n) is 4.17. The molecule has 64 valence electrons. The summed E-state index contributed by atoms with van der Waals surface area (Å²) < 4.78 is 1.94. The van der Waals surface area contributed by atoms with Gasteiger partial charge in [0.1, 0.15) is 0 Å². The highest BCUT2D eigenvalue weighted by molar-refractivity contribution is 14.1. The highest BCUT2D eigenvalue weighted by Gasteiger charge is 2.21. The topological polar surface area (TPSA) is 17.8 Å². The first-order chi connectivity index (χ1) is 6.36. The van der Waals surface area contributed by atoms with Crippen molar-refractivity contribution in [2.45, 2.75) is 6.42 Å². The zero-order valence-electron chi connectivity index (χ0n) is 6.87. The van der Waals surface area contributed by atoms with Gasteiger partial charge in [0, 0.05) is 12.0 Å². The fourth-order valence-corrected chi connectivity index (χ4v) is 2.41. The van der Waals surface area contributed by atoms with Crippen LogP contribution in [0.2, 0.25) is 0 Å². The Morgan fingerprint density at radius 2 is 2.08 bits per heavy atom. The monoisotopic (exact) mass is 282 g/mol. The van der Waals surface area contributed by atoms with Gasteiger partial charge in [0.25, 0.3) is 0 Å². The number of nitrogens with zero attached hydrogens (tertiary/aromatic N) is 2. The van der Waals surface area contributed by atoms with Crippen LogP contribution in [0.3, 0.4) is 0 Å². The van der Waals surface area contributed by atoms with Crippen LogP contribution in [-0.4, -0.2) is 7.99 Å². The first-order valence-corrected chi connectivity index (χ1v) is 5.14. The summed E-state index contributed by atoms with van der Waals surface area (Å²) in [4.78, 5) is 0. The number of halogens is 1. The molecular weight excluding hydrogens is 275 g/mol. The highest BCUT2D eigenvalue weighted by atomic mass is 127. The molecule has 13 heavy (non-hydrogen) atoms. The van der Waals surface area contributed by atoms with Crippen LogP contribution in [-0.2, 0) is 6.42 Å². The lowest BCUT2D eigenvalue weighted by molar-refractivity contribution is 0.978. The van der Waals surface area contributed by atoms with Crippen molar-refractivity contribution in [2.75, 3.05) is 0 Å². The predicted molar refractivity (Wildman–Crippen MR) is 59.9 cm³/mol. The number of hydrogen-bond donors (Lipinski definition) is 0. The zero-order valence-corrected chi connectivity index (χ0v) is 9.02. The molecule has 0 fully saturated rings. The van der Waals surface area contributed by atoms with Crippen LogP contribution < -0.4 is 0 Å². The van der Waals surface area contributed by atoms with Gasteiger partial charge in [0.05, 0.1) is 34.8 Å². The molecule has 1 aliphatic rings. The third-order valence-corrected chi connectivity index (χ3v) is 3.32. The van der Waals surface area contributed by atoms with Gasteiger partial charge < -0.3 is 0 Å². The fourth-order valence-electron chi connectivity index (χ4n) is 1.86. The van der Waals surface area contributed by atoms with E-state index < -0.39 is 0 Å². The molecule has 1 aromatic heterocycles. The summed E-state index contributed by atoms with van der Waals surface area (Å²) in [5.41, 5.74) is 5.38. The minimum atomic E-state index is 1.02. The van der Waals surface area contributed by atoms with E-state index in [0.29, 0.717) is 0 Å². The molecule has 2 aromatic rings. The van der Waals surface area contributed by atoms with Gasteiger partial charge in [-0.3, -0.25) is 0 Å². The van der Waals surface area contributed by atoms with Crippen LogP contribution in [0.5, 0.6) is 0 Å². The van der Waals surface area contributed by atoms with Crippen LogP contribution >= 0.6 is 22.9 Å². The van der Waals surface area contributed by atoms with Gasteiger partial charge in [-0.15, -0.1) is 0 Å². The largest absolute Gasteiger partial charge is 0.207 e. The summed E-state index contributed by atoms with van der Waals surface area (Å²) in [7, 11) is 0. The van der Waals surface area contributed by atoms with Crippen LogP contribution in [0.25, 0.3) is 11.1 Å². The Morgan fingerprint density at radius 3 is 3.00 bits per heavy atom. The van der Waals surface area contributed by atoms with Crippen molar-refractivity contribution in [3.05, 3.63) is 41.7 Å². The van der Waals surface area contributed by atoms with Gasteiger partial charge in [-0.1, -0.05) is 24.3 Å². The van der Waals surface area contributed by atoms with Crippen molar-refractivity contribution in [1.29, 1.82) is 0 Å². The van der Waals surface area contributed by atoms with Crippen LogP contribution in [0.1, 0.15) is 11.3 Å². The first kappa shape index (κ1) is 7.55. The zero-order chi connectivity index (χ0) is 8.84. The molecule has 0 N–H and O–H groups in total. The maximum atomic E-state index is 4.24. The lowest BCUT2D eigenvalue weighted by atomic mass is 10.1. The lowest BCUT2D eigenvalue weighted by Crippen LogP contribution is -1.89. The number of fused-ring (bicyclic) bond motifs is 3. The molecule has 0 unspecified atom stereocenters. The van der Waals surface area contributed by atoms with E-state index in [9.17, 15) is 0 Å². The Labute approximate surface area is 90.1 Å². The Kier molecular flexibility index (Phi) is 1.49.